The van der Waals surface area contributed by atoms with Crippen molar-refractivity contribution >= 4 is 5.82 Å². The summed E-state index contributed by atoms with van der Waals surface area (Å²) >= 11 is 0. The summed E-state index contributed by atoms with van der Waals surface area (Å²) in [6, 6.07) is 0. The molecule has 1 aromatic rings. The van der Waals surface area contributed by atoms with E-state index in [1.165, 1.54) is 62.6 Å². The molecule has 9 rings (SSSR count). The number of aliphatic hydroxyl groups excluding tert-OH is 1. The van der Waals surface area contributed by atoms with E-state index in [4.69, 9.17) is 0 Å². The second kappa shape index (κ2) is 7.77. The van der Waals surface area contributed by atoms with E-state index < -0.39 is 0 Å². The highest BCUT2D eigenvalue weighted by Crippen LogP contribution is 2.61. The normalized spacial score (nSPS) is 40.3. The summed E-state index contributed by atoms with van der Waals surface area (Å²) in [4.78, 5) is 11.9. The van der Waals surface area contributed by atoms with Crippen LogP contribution in [0.5, 0.6) is 0 Å². The van der Waals surface area contributed by atoms with Crippen LogP contribution in [0, 0.1) is 40.4 Å². The minimum atomic E-state index is -0.264. The molecule has 0 aromatic carbocycles. The first-order valence-electron chi connectivity index (χ1n) is 14.1. The van der Waals surface area contributed by atoms with Gasteiger partial charge in [0.25, 0.3) is 0 Å². The van der Waals surface area contributed by atoms with Crippen molar-refractivity contribution in [2.24, 2.45) is 40.4 Å². The van der Waals surface area contributed by atoms with Gasteiger partial charge in [-0.05, 0) is 98.2 Å². The van der Waals surface area contributed by atoms with E-state index in [0.29, 0.717) is 12.0 Å². The minimum absolute atomic E-state index is 0.160. The molecular formula is C29H42N4O. The van der Waals surface area contributed by atoms with Crippen LogP contribution in [0.2, 0.25) is 0 Å². The molecule has 0 spiro atoms. The van der Waals surface area contributed by atoms with Gasteiger partial charge in [-0.2, -0.15) is 0 Å². The Labute approximate surface area is 204 Å². The molecule has 0 radical (unpaired) electrons. The zero-order valence-corrected chi connectivity index (χ0v) is 21.1. The molecule has 7 aliphatic carbocycles. The molecule has 3 atom stereocenters. The molecule has 2 N–H and O–H groups in total. The summed E-state index contributed by atoms with van der Waals surface area (Å²) in [6.45, 7) is 8.64. The van der Waals surface area contributed by atoms with Crippen LogP contribution in [-0.2, 0) is 13.0 Å². The molecule has 1 aromatic heterocycles. The lowest BCUT2D eigenvalue weighted by Crippen LogP contribution is -2.53. The molecule has 5 saturated carbocycles. The third-order valence-corrected chi connectivity index (χ3v) is 11.3. The molecule has 184 valence electrons. The zero-order valence-electron chi connectivity index (χ0n) is 21.1. The van der Waals surface area contributed by atoms with Crippen molar-refractivity contribution in [3.05, 3.63) is 29.2 Å². The van der Waals surface area contributed by atoms with Gasteiger partial charge in [-0.3, -0.25) is 4.90 Å². The van der Waals surface area contributed by atoms with Crippen LogP contribution < -0.4 is 5.32 Å². The number of anilines is 1. The number of aromatic nitrogens is 2. The largest absolute Gasteiger partial charge is 0.391 e. The van der Waals surface area contributed by atoms with Crippen molar-refractivity contribution in [1.29, 1.82) is 0 Å². The number of fused-ring (bicyclic) bond motifs is 2. The van der Waals surface area contributed by atoms with Crippen LogP contribution in [0.15, 0.2) is 18.0 Å². The predicted octanol–water partition coefficient (Wildman–Crippen LogP) is 4.82. The van der Waals surface area contributed by atoms with Crippen LogP contribution in [0.4, 0.5) is 5.82 Å². The summed E-state index contributed by atoms with van der Waals surface area (Å²) in [5.74, 6) is 5.26. The minimum Gasteiger partial charge on any atom is -0.391 e. The molecule has 2 heterocycles. The van der Waals surface area contributed by atoms with E-state index in [1.54, 1.807) is 11.9 Å². The fourth-order valence-electron chi connectivity index (χ4n) is 9.61. The number of nitrogens with one attached hydrogen (secondary N) is 1. The van der Waals surface area contributed by atoms with Crippen molar-refractivity contribution in [2.75, 3.05) is 25.0 Å². The Kier molecular flexibility index (Phi) is 4.98. The molecule has 5 fully saturated rings. The maximum absolute atomic E-state index is 11.4. The Morgan fingerprint density at radius 2 is 1.82 bits per heavy atom. The molecular weight excluding hydrogens is 420 g/mol. The van der Waals surface area contributed by atoms with Gasteiger partial charge in [0.05, 0.1) is 11.8 Å². The summed E-state index contributed by atoms with van der Waals surface area (Å²) < 4.78 is 0. The molecule has 5 heteroatoms. The standard InChI is InChI=1S/C29H42N4O/c1-28(2)22-4-3-21(24(28)10-22)15-33-6-5-23-25(16-33)31-17-32-27(23)30-14-26(34)29-11-18-7-19(12-29)9-20(8-18)13-29/h3,17-20,22,24,26,34H,4-16H2,1-2H3,(H,30,31,32). The summed E-state index contributed by atoms with van der Waals surface area (Å²) in [6.07, 6.45) is 15.7. The van der Waals surface area contributed by atoms with Gasteiger partial charge in [-0.25, -0.2) is 9.97 Å². The molecule has 34 heavy (non-hydrogen) atoms. The van der Waals surface area contributed by atoms with Crippen LogP contribution in [0.25, 0.3) is 0 Å². The Bertz CT molecular complexity index is 965. The van der Waals surface area contributed by atoms with Crippen molar-refractivity contribution in [3.8, 4) is 0 Å². The van der Waals surface area contributed by atoms with E-state index >= 15 is 0 Å². The van der Waals surface area contributed by atoms with Gasteiger partial charge >= 0.3 is 0 Å². The Hall–Kier alpha value is -1.46. The first-order chi connectivity index (χ1) is 16.4. The Morgan fingerprint density at radius 1 is 1.09 bits per heavy atom. The highest BCUT2D eigenvalue weighted by atomic mass is 16.3. The third-order valence-electron chi connectivity index (χ3n) is 11.3. The van der Waals surface area contributed by atoms with Gasteiger partial charge in [0, 0.05) is 31.7 Å². The average Bonchev–Trinajstić information content (AvgIpc) is 2.81. The Balaban J connectivity index is 1.01. The lowest BCUT2D eigenvalue weighted by Gasteiger charge is -2.58. The number of rotatable bonds is 6. The second-order valence-electron chi connectivity index (χ2n) is 13.6. The van der Waals surface area contributed by atoms with Gasteiger partial charge in [0.1, 0.15) is 12.1 Å². The SMILES string of the molecule is CC1(C)C2CC=C(CN3CCc4c(ncnc4NCC(O)C45CC6CC(CC(C6)C4)C5)C3)C1C2. The summed E-state index contributed by atoms with van der Waals surface area (Å²) in [5, 5.41) is 14.9. The molecule has 1 aliphatic heterocycles. The topological polar surface area (TPSA) is 61.3 Å². The predicted molar refractivity (Wildman–Crippen MR) is 134 cm³/mol. The molecule has 8 aliphatic rings. The van der Waals surface area contributed by atoms with E-state index in [-0.39, 0.29) is 11.5 Å². The number of aliphatic hydroxyl groups is 1. The van der Waals surface area contributed by atoms with Gasteiger partial charge in [-0.15, -0.1) is 0 Å². The molecule has 0 saturated heterocycles. The highest BCUT2D eigenvalue weighted by Gasteiger charge is 2.54. The van der Waals surface area contributed by atoms with Gasteiger partial charge in [0.2, 0.25) is 0 Å². The van der Waals surface area contributed by atoms with Crippen molar-refractivity contribution in [1.82, 2.24) is 14.9 Å². The maximum Gasteiger partial charge on any atom is 0.133 e. The first-order valence-corrected chi connectivity index (χ1v) is 14.1. The molecule has 3 unspecified atom stereocenters. The lowest BCUT2D eigenvalue weighted by molar-refractivity contribution is -0.115. The smallest absolute Gasteiger partial charge is 0.133 e. The van der Waals surface area contributed by atoms with Crippen LogP contribution in [0.3, 0.4) is 0 Å². The van der Waals surface area contributed by atoms with Crippen LogP contribution in [0.1, 0.15) is 76.5 Å². The van der Waals surface area contributed by atoms with Crippen molar-refractivity contribution < 1.29 is 5.11 Å². The Morgan fingerprint density at radius 3 is 2.50 bits per heavy atom. The number of nitrogens with zero attached hydrogens (tertiary/aromatic N) is 3. The number of hydrogen-bond acceptors (Lipinski definition) is 5. The third kappa shape index (κ3) is 3.40. The highest BCUT2D eigenvalue weighted by molar-refractivity contribution is 5.47. The quantitative estimate of drug-likeness (QED) is 0.594. The molecule has 0 amide bonds. The summed E-state index contributed by atoms with van der Waals surface area (Å²) in [7, 11) is 0. The van der Waals surface area contributed by atoms with E-state index in [2.05, 4.69) is 40.1 Å². The van der Waals surface area contributed by atoms with Gasteiger partial charge < -0.3 is 10.4 Å². The number of hydrogen-bond donors (Lipinski definition) is 2. The summed E-state index contributed by atoms with van der Waals surface area (Å²) in [5.41, 5.74) is 4.78. The maximum atomic E-state index is 11.4. The molecule has 5 nitrogen and oxygen atoms in total. The van der Waals surface area contributed by atoms with Crippen LogP contribution >= 0.6 is 0 Å². The number of allylic oxidation sites excluding steroid dienone is 1. The van der Waals surface area contributed by atoms with E-state index in [1.807, 2.05) is 0 Å². The fourth-order valence-corrected chi connectivity index (χ4v) is 9.61. The van der Waals surface area contributed by atoms with Gasteiger partial charge in [-0.1, -0.05) is 25.5 Å². The zero-order chi connectivity index (χ0) is 23.1. The van der Waals surface area contributed by atoms with Gasteiger partial charge in [0.15, 0.2) is 0 Å². The lowest BCUT2D eigenvalue weighted by atomic mass is 9.48. The fraction of sp³-hybridized carbons (Fsp3) is 0.793. The first kappa shape index (κ1) is 21.8. The molecule has 6 bridgehead atoms. The van der Waals surface area contributed by atoms with Crippen molar-refractivity contribution in [2.45, 2.75) is 84.3 Å². The van der Waals surface area contributed by atoms with Crippen molar-refractivity contribution in [3.63, 3.8) is 0 Å². The van der Waals surface area contributed by atoms with Crippen LogP contribution in [-0.4, -0.2) is 45.7 Å². The average molecular weight is 463 g/mol. The van der Waals surface area contributed by atoms with E-state index in [0.717, 1.165) is 61.5 Å². The second-order valence-corrected chi connectivity index (χ2v) is 13.6. The van der Waals surface area contributed by atoms with E-state index in [9.17, 15) is 5.11 Å². The monoisotopic (exact) mass is 462 g/mol.